The van der Waals surface area contributed by atoms with Crippen molar-refractivity contribution in [2.45, 2.75) is 25.0 Å². The van der Waals surface area contributed by atoms with Gasteiger partial charge in [0.15, 0.2) is 4.75 Å². The quantitative estimate of drug-likeness (QED) is 0.873. The summed E-state index contributed by atoms with van der Waals surface area (Å²) in [5.41, 5.74) is 1.11. The Morgan fingerprint density at radius 1 is 1.15 bits per heavy atom. The lowest BCUT2D eigenvalue weighted by Crippen LogP contribution is -2.47. The molecule has 2 aromatic rings. The molecule has 0 unspecified atom stereocenters. The van der Waals surface area contributed by atoms with E-state index in [1.54, 1.807) is 48.5 Å². The van der Waals surface area contributed by atoms with Crippen LogP contribution in [0.3, 0.4) is 0 Å². The predicted molar refractivity (Wildman–Crippen MR) is 102 cm³/mol. The number of nitrogens with zero attached hydrogens (tertiary/aromatic N) is 1. The van der Waals surface area contributed by atoms with Gasteiger partial charge in [-0.3, -0.25) is 9.10 Å². The van der Waals surface area contributed by atoms with Gasteiger partial charge in [0.25, 0.3) is 0 Å². The number of ether oxygens (including phenoxy) is 1. The van der Waals surface area contributed by atoms with Crippen LogP contribution in [0.2, 0.25) is 0 Å². The number of sulfonamides is 1. The molecule has 1 amide bonds. The van der Waals surface area contributed by atoms with Gasteiger partial charge in [-0.2, -0.15) is 0 Å². The van der Waals surface area contributed by atoms with Crippen molar-refractivity contribution >= 4 is 27.3 Å². The number of rotatable bonds is 5. The molecule has 1 saturated heterocycles. The molecule has 3 rings (SSSR count). The zero-order valence-electron chi connectivity index (χ0n) is 14.8. The van der Waals surface area contributed by atoms with Crippen molar-refractivity contribution in [1.82, 2.24) is 0 Å². The second-order valence-electron chi connectivity index (χ2n) is 6.31. The number of nitrogens with one attached hydrogen (secondary N) is 1. The van der Waals surface area contributed by atoms with Crippen LogP contribution in [-0.4, -0.2) is 32.2 Å². The van der Waals surface area contributed by atoms with Gasteiger partial charge in [0.1, 0.15) is 5.75 Å². The van der Waals surface area contributed by atoms with Crippen molar-refractivity contribution < 1.29 is 17.9 Å². The van der Waals surface area contributed by atoms with Crippen LogP contribution in [0.5, 0.6) is 5.75 Å². The van der Waals surface area contributed by atoms with Gasteiger partial charge >= 0.3 is 0 Å². The number of hydrogen-bond acceptors (Lipinski definition) is 4. The van der Waals surface area contributed by atoms with Crippen molar-refractivity contribution in [1.29, 1.82) is 0 Å². The largest absolute Gasteiger partial charge is 0.494 e. The van der Waals surface area contributed by atoms with E-state index in [9.17, 15) is 13.2 Å². The van der Waals surface area contributed by atoms with Crippen molar-refractivity contribution in [2.24, 2.45) is 0 Å². The zero-order valence-corrected chi connectivity index (χ0v) is 15.6. The van der Waals surface area contributed by atoms with Gasteiger partial charge in [0.2, 0.25) is 15.9 Å². The first-order chi connectivity index (χ1) is 12.4. The smallest absolute Gasteiger partial charge is 0.249 e. The van der Waals surface area contributed by atoms with Gasteiger partial charge in [0.05, 0.1) is 12.3 Å². The van der Waals surface area contributed by atoms with E-state index in [0.717, 1.165) is 0 Å². The number of hydrogen-bond donors (Lipinski definition) is 1. The second-order valence-corrected chi connectivity index (χ2v) is 8.60. The van der Waals surface area contributed by atoms with Gasteiger partial charge in [-0.1, -0.05) is 18.2 Å². The summed E-state index contributed by atoms with van der Waals surface area (Å²) in [6.45, 7) is 4.20. The standard InChI is InChI=1S/C19H22N2O4S/c1-3-25-17-11-9-15(10-12-17)20-18(22)19(2)13-14-21(26(19,23)24)16-7-5-4-6-8-16/h4-12H,3,13-14H2,1-2H3,(H,20,22)/t19-/m0/s1. The van der Waals surface area contributed by atoms with E-state index < -0.39 is 20.7 Å². The molecule has 1 N–H and O–H groups in total. The Morgan fingerprint density at radius 2 is 1.81 bits per heavy atom. The van der Waals surface area contributed by atoms with Crippen LogP contribution in [0.25, 0.3) is 0 Å². The summed E-state index contributed by atoms with van der Waals surface area (Å²) in [6, 6.07) is 15.7. The molecule has 1 fully saturated rings. The van der Waals surface area contributed by atoms with E-state index in [2.05, 4.69) is 5.32 Å². The molecule has 0 aromatic heterocycles. The highest BCUT2D eigenvalue weighted by Gasteiger charge is 2.54. The Morgan fingerprint density at radius 3 is 2.42 bits per heavy atom. The normalized spacial score (nSPS) is 21.4. The number of para-hydroxylation sites is 1. The van der Waals surface area contributed by atoms with E-state index in [0.29, 0.717) is 23.7 Å². The molecule has 26 heavy (non-hydrogen) atoms. The third-order valence-electron chi connectivity index (χ3n) is 4.60. The summed E-state index contributed by atoms with van der Waals surface area (Å²) in [5, 5.41) is 2.72. The van der Waals surface area contributed by atoms with Crippen LogP contribution in [0.15, 0.2) is 54.6 Å². The highest BCUT2D eigenvalue weighted by molar-refractivity contribution is 7.95. The van der Waals surface area contributed by atoms with Gasteiger partial charge in [-0.05, 0) is 56.7 Å². The minimum absolute atomic E-state index is 0.229. The van der Waals surface area contributed by atoms with Crippen LogP contribution in [0.4, 0.5) is 11.4 Å². The lowest BCUT2D eigenvalue weighted by molar-refractivity contribution is -0.118. The first kappa shape index (κ1) is 18.3. The summed E-state index contributed by atoms with van der Waals surface area (Å²) in [5.74, 6) is 0.167. The fourth-order valence-corrected chi connectivity index (χ4v) is 4.82. The van der Waals surface area contributed by atoms with Crippen LogP contribution >= 0.6 is 0 Å². The number of benzene rings is 2. The van der Waals surface area contributed by atoms with E-state index in [1.165, 1.54) is 11.2 Å². The molecule has 0 saturated carbocycles. The molecule has 0 bridgehead atoms. The van der Waals surface area contributed by atoms with Crippen molar-refractivity contribution in [2.75, 3.05) is 22.8 Å². The number of carbonyl (C=O) groups excluding carboxylic acids is 1. The Bertz CT molecular complexity index is 882. The number of carbonyl (C=O) groups is 1. The van der Waals surface area contributed by atoms with Crippen LogP contribution in [-0.2, 0) is 14.8 Å². The van der Waals surface area contributed by atoms with E-state index >= 15 is 0 Å². The van der Waals surface area contributed by atoms with E-state index in [1.807, 2.05) is 13.0 Å². The average molecular weight is 374 g/mol. The molecule has 1 atom stereocenters. The van der Waals surface area contributed by atoms with Crippen molar-refractivity contribution in [3.8, 4) is 5.75 Å². The fourth-order valence-electron chi connectivity index (χ4n) is 2.96. The summed E-state index contributed by atoms with van der Waals surface area (Å²) >= 11 is 0. The molecular formula is C19H22N2O4S. The molecule has 6 nitrogen and oxygen atoms in total. The maximum absolute atomic E-state index is 13.0. The third kappa shape index (κ3) is 3.14. The van der Waals surface area contributed by atoms with Gasteiger partial charge < -0.3 is 10.1 Å². The van der Waals surface area contributed by atoms with Crippen LogP contribution in [0.1, 0.15) is 20.3 Å². The van der Waals surface area contributed by atoms with Crippen molar-refractivity contribution in [3.63, 3.8) is 0 Å². The molecule has 138 valence electrons. The average Bonchev–Trinajstić information content (AvgIpc) is 2.88. The number of amides is 1. The summed E-state index contributed by atoms with van der Waals surface area (Å²) in [7, 11) is -3.82. The minimum atomic E-state index is -3.82. The monoisotopic (exact) mass is 374 g/mol. The molecule has 7 heteroatoms. The molecule has 1 heterocycles. The van der Waals surface area contributed by atoms with E-state index in [-0.39, 0.29) is 13.0 Å². The van der Waals surface area contributed by atoms with Crippen molar-refractivity contribution in [3.05, 3.63) is 54.6 Å². The fraction of sp³-hybridized carbons (Fsp3) is 0.316. The Hall–Kier alpha value is -2.54. The first-order valence-electron chi connectivity index (χ1n) is 8.50. The molecule has 0 aliphatic carbocycles. The summed E-state index contributed by atoms with van der Waals surface area (Å²) < 4.78 is 31.2. The zero-order chi connectivity index (χ0) is 18.8. The minimum Gasteiger partial charge on any atom is -0.494 e. The molecule has 1 aliphatic rings. The maximum Gasteiger partial charge on any atom is 0.249 e. The molecule has 0 radical (unpaired) electrons. The van der Waals surface area contributed by atoms with Gasteiger partial charge in [-0.15, -0.1) is 0 Å². The third-order valence-corrected chi connectivity index (χ3v) is 7.10. The van der Waals surface area contributed by atoms with Gasteiger partial charge in [-0.25, -0.2) is 8.42 Å². The summed E-state index contributed by atoms with van der Waals surface area (Å²) in [6.07, 6.45) is 0.229. The van der Waals surface area contributed by atoms with Crippen LogP contribution in [0, 0.1) is 0 Å². The predicted octanol–water partition coefficient (Wildman–Crippen LogP) is 3.02. The molecule has 0 spiro atoms. The molecule has 2 aromatic carbocycles. The Labute approximate surface area is 153 Å². The lowest BCUT2D eigenvalue weighted by atomic mass is 10.1. The molecular weight excluding hydrogens is 352 g/mol. The van der Waals surface area contributed by atoms with Crippen LogP contribution < -0.4 is 14.4 Å². The Balaban J connectivity index is 1.80. The van der Waals surface area contributed by atoms with Gasteiger partial charge in [0, 0.05) is 12.2 Å². The highest BCUT2D eigenvalue weighted by atomic mass is 32.2. The van der Waals surface area contributed by atoms with E-state index in [4.69, 9.17) is 4.74 Å². The summed E-state index contributed by atoms with van der Waals surface area (Å²) in [4.78, 5) is 12.8. The topological polar surface area (TPSA) is 75.7 Å². The molecule has 1 aliphatic heterocycles. The highest BCUT2D eigenvalue weighted by Crippen LogP contribution is 2.37. The SMILES string of the molecule is CCOc1ccc(NC(=O)[C@]2(C)CCN(c3ccccc3)S2(=O)=O)cc1. The maximum atomic E-state index is 13.0. The lowest BCUT2D eigenvalue weighted by Gasteiger charge is -2.25. The first-order valence-corrected chi connectivity index (χ1v) is 9.94. The Kier molecular flexibility index (Phi) is 4.91. The second kappa shape index (κ2) is 6.99. The number of anilines is 2.